The lowest BCUT2D eigenvalue weighted by atomic mass is 10.1. The van der Waals surface area contributed by atoms with Gasteiger partial charge in [-0.05, 0) is 24.5 Å². The average Bonchev–Trinajstić information content (AvgIpc) is 2.41. The van der Waals surface area contributed by atoms with Gasteiger partial charge in [-0.3, -0.25) is 0 Å². The van der Waals surface area contributed by atoms with Gasteiger partial charge in [-0.25, -0.2) is 4.57 Å². The summed E-state index contributed by atoms with van der Waals surface area (Å²) in [6, 6.07) is 15.1. The molecule has 1 nitrogen and oxygen atoms in total. The monoisotopic (exact) mass is 240 g/mol. The molecule has 0 aliphatic rings. The largest absolute Gasteiger partial charge is 0.205 e. The summed E-state index contributed by atoms with van der Waals surface area (Å²) in [5.74, 6) is 0. The zero-order valence-corrected chi connectivity index (χ0v) is 11.2. The van der Waals surface area contributed by atoms with Crippen molar-refractivity contribution in [2.75, 3.05) is 0 Å². The van der Waals surface area contributed by atoms with Crippen LogP contribution in [0.15, 0.2) is 54.9 Å². The SMILES string of the molecule is CCCc1ccc[n+](CCCc2ccccc2)c1. The highest BCUT2D eigenvalue weighted by molar-refractivity contribution is 5.14. The van der Waals surface area contributed by atoms with Gasteiger partial charge in [0.05, 0.1) is 0 Å². The number of aromatic nitrogens is 1. The highest BCUT2D eigenvalue weighted by atomic mass is 14.9. The molecule has 0 atom stereocenters. The van der Waals surface area contributed by atoms with Crippen LogP contribution in [-0.4, -0.2) is 0 Å². The van der Waals surface area contributed by atoms with E-state index in [1.807, 2.05) is 0 Å². The van der Waals surface area contributed by atoms with Gasteiger partial charge in [0.1, 0.15) is 6.54 Å². The van der Waals surface area contributed by atoms with Crippen molar-refractivity contribution < 1.29 is 4.57 Å². The predicted molar refractivity (Wildman–Crippen MR) is 75.4 cm³/mol. The van der Waals surface area contributed by atoms with E-state index in [4.69, 9.17) is 0 Å². The van der Waals surface area contributed by atoms with Crippen molar-refractivity contribution in [1.82, 2.24) is 0 Å². The quantitative estimate of drug-likeness (QED) is 0.680. The molecule has 2 rings (SSSR count). The van der Waals surface area contributed by atoms with Crippen LogP contribution in [-0.2, 0) is 19.4 Å². The van der Waals surface area contributed by atoms with Crippen LogP contribution >= 0.6 is 0 Å². The smallest absolute Gasteiger partial charge is 0.171 e. The molecular weight excluding hydrogens is 218 g/mol. The minimum Gasteiger partial charge on any atom is -0.205 e. The van der Waals surface area contributed by atoms with E-state index in [2.05, 4.69) is 66.3 Å². The highest BCUT2D eigenvalue weighted by Crippen LogP contribution is 2.03. The van der Waals surface area contributed by atoms with Gasteiger partial charge < -0.3 is 0 Å². The van der Waals surface area contributed by atoms with Crippen LogP contribution in [0.4, 0.5) is 0 Å². The van der Waals surface area contributed by atoms with Gasteiger partial charge in [0.25, 0.3) is 0 Å². The lowest BCUT2D eigenvalue weighted by molar-refractivity contribution is -0.697. The Balaban J connectivity index is 1.84. The molecule has 0 fully saturated rings. The summed E-state index contributed by atoms with van der Waals surface area (Å²) in [6.07, 6.45) is 9.21. The zero-order valence-electron chi connectivity index (χ0n) is 11.2. The van der Waals surface area contributed by atoms with Crippen molar-refractivity contribution in [3.8, 4) is 0 Å². The zero-order chi connectivity index (χ0) is 12.6. The van der Waals surface area contributed by atoms with Crippen LogP contribution in [0.1, 0.15) is 30.9 Å². The van der Waals surface area contributed by atoms with E-state index in [1.54, 1.807) is 0 Å². The van der Waals surface area contributed by atoms with Crippen molar-refractivity contribution in [2.45, 2.75) is 39.2 Å². The second-order valence-corrected chi connectivity index (χ2v) is 4.79. The first-order chi connectivity index (χ1) is 8.88. The third-order valence-corrected chi connectivity index (χ3v) is 3.18. The fraction of sp³-hybridized carbons (Fsp3) is 0.353. The summed E-state index contributed by atoms with van der Waals surface area (Å²) >= 11 is 0. The Bertz CT molecular complexity index is 462. The standard InChI is InChI=1S/C17H22N/c1-2-8-17-12-7-14-18(15-17)13-6-11-16-9-4-3-5-10-16/h3-5,7,9-10,12,14-15H,2,6,8,11,13H2,1H3/q+1. The molecule has 94 valence electrons. The van der Waals surface area contributed by atoms with Crippen LogP contribution in [0.2, 0.25) is 0 Å². The van der Waals surface area contributed by atoms with Gasteiger partial charge in [0.2, 0.25) is 0 Å². The Kier molecular flexibility index (Phi) is 4.95. The molecule has 0 saturated heterocycles. The van der Waals surface area contributed by atoms with Crippen LogP contribution in [0, 0.1) is 0 Å². The molecule has 0 amide bonds. The first kappa shape index (κ1) is 12.8. The van der Waals surface area contributed by atoms with Crippen molar-refractivity contribution in [3.63, 3.8) is 0 Å². The molecule has 0 N–H and O–H groups in total. The molecule has 2 aromatic rings. The minimum atomic E-state index is 1.10. The Labute approximate surface area is 110 Å². The van der Waals surface area contributed by atoms with Gasteiger partial charge in [0.15, 0.2) is 12.4 Å². The lowest BCUT2D eigenvalue weighted by Crippen LogP contribution is -2.33. The molecular formula is C17H22N+. The Morgan fingerprint density at radius 1 is 0.889 bits per heavy atom. The molecule has 0 unspecified atom stereocenters. The summed E-state index contributed by atoms with van der Waals surface area (Å²) in [4.78, 5) is 0. The van der Waals surface area contributed by atoms with Gasteiger partial charge >= 0.3 is 0 Å². The van der Waals surface area contributed by atoms with Crippen molar-refractivity contribution in [2.24, 2.45) is 0 Å². The Morgan fingerprint density at radius 2 is 1.67 bits per heavy atom. The maximum Gasteiger partial charge on any atom is 0.171 e. The van der Waals surface area contributed by atoms with Gasteiger partial charge in [-0.2, -0.15) is 0 Å². The number of pyridine rings is 1. The van der Waals surface area contributed by atoms with E-state index in [0.717, 1.165) is 13.0 Å². The van der Waals surface area contributed by atoms with Crippen molar-refractivity contribution >= 4 is 0 Å². The first-order valence-corrected chi connectivity index (χ1v) is 6.90. The molecule has 0 spiro atoms. The molecule has 0 aliphatic heterocycles. The average molecular weight is 240 g/mol. The summed E-state index contributed by atoms with van der Waals surface area (Å²) in [5, 5.41) is 0. The van der Waals surface area contributed by atoms with Gasteiger partial charge in [-0.1, -0.05) is 43.7 Å². The summed E-state index contributed by atoms with van der Waals surface area (Å²) in [6.45, 7) is 3.33. The second-order valence-electron chi connectivity index (χ2n) is 4.79. The van der Waals surface area contributed by atoms with Crippen molar-refractivity contribution in [1.29, 1.82) is 0 Å². The minimum absolute atomic E-state index is 1.10. The first-order valence-electron chi connectivity index (χ1n) is 6.90. The fourth-order valence-corrected chi connectivity index (χ4v) is 2.26. The molecule has 1 heterocycles. The van der Waals surface area contributed by atoms with E-state index in [1.165, 1.54) is 30.4 Å². The van der Waals surface area contributed by atoms with Crippen LogP contribution in [0.3, 0.4) is 0 Å². The maximum atomic E-state index is 2.31. The number of rotatable bonds is 6. The summed E-state index contributed by atoms with van der Waals surface area (Å²) < 4.78 is 2.31. The third kappa shape index (κ3) is 3.99. The maximum absolute atomic E-state index is 2.31. The molecule has 1 aromatic heterocycles. The molecule has 0 aliphatic carbocycles. The van der Waals surface area contributed by atoms with Gasteiger partial charge in [-0.15, -0.1) is 0 Å². The number of hydrogen-bond acceptors (Lipinski definition) is 0. The molecule has 1 heteroatoms. The normalized spacial score (nSPS) is 10.5. The predicted octanol–water partition coefficient (Wildman–Crippen LogP) is 3.56. The van der Waals surface area contributed by atoms with E-state index < -0.39 is 0 Å². The van der Waals surface area contributed by atoms with Crippen LogP contribution in [0.25, 0.3) is 0 Å². The summed E-state index contributed by atoms with van der Waals surface area (Å²) in [5.41, 5.74) is 2.88. The molecule has 0 saturated carbocycles. The number of hydrogen-bond donors (Lipinski definition) is 0. The Hall–Kier alpha value is -1.63. The third-order valence-electron chi connectivity index (χ3n) is 3.18. The number of benzene rings is 1. The second kappa shape index (κ2) is 6.95. The van der Waals surface area contributed by atoms with Gasteiger partial charge in [0, 0.05) is 18.1 Å². The van der Waals surface area contributed by atoms with E-state index in [-0.39, 0.29) is 0 Å². The molecule has 0 radical (unpaired) electrons. The Morgan fingerprint density at radius 3 is 2.44 bits per heavy atom. The molecule has 0 bridgehead atoms. The van der Waals surface area contributed by atoms with Crippen LogP contribution in [0.5, 0.6) is 0 Å². The number of nitrogens with zero attached hydrogens (tertiary/aromatic N) is 1. The van der Waals surface area contributed by atoms with E-state index in [0.29, 0.717) is 0 Å². The fourth-order valence-electron chi connectivity index (χ4n) is 2.26. The van der Waals surface area contributed by atoms with E-state index >= 15 is 0 Å². The number of aryl methyl sites for hydroxylation is 3. The highest BCUT2D eigenvalue weighted by Gasteiger charge is 2.02. The van der Waals surface area contributed by atoms with E-state index in [9.17, 15) is 0 Å². The van der Waals surface area contributed by atoms with Crippen molar-refractivity contribution in [3.05, 3.63) is 66.0 Å². The molecule has 18 heavy (non-hydrogen) atoms. The lowest BCUT2D eigenvalue weighted by Gasteiger charge is -2.01. The topological polar surface area (TPSA) is 3.88 Å². The van der Waals surface area contributed by atoms with Crippen LogP contribution < -0.4 is 4.57 Å². The molecule has 1 aromatic carbocycles. The summed E-state index contributed by atoms with van der Waals surface area (Å²) in [7, 11) is 0.